The molecule has 0 heterocycles. The van der Waals surface area contributed by atoms with Crippen molar-refractivity contribution in [3.8, 4) is 5.75 Å². The molecule has 3 rings (SSSR count). The first kappa shape index (κ1) is 21.9. The molecule has 0 radical (unpaired) electrons. The van der Waals surface area contributed by atoms with Crippen LogP contribution in [0.1, 0.15) is 48.9 Å². The van der Waals surface area contributed by atoms with Crippen molar-refractivity contribution in [2.75, 3.05) is 11.9 Å². The van der Waals surface area contributed by atoms with E-state index in [0.29, 0.717) is 15.6 Å². The fraction of sp³-hybridized carbons (Fsp3) is 0.364. The number of ether oxygens (including phenoxy) is 1. The zero-order chi connectivity index (χ0) is 20.6. The van der Waals surface area contributed by atoms with E-state index < -0.39 is 0 Å². The first-order chi connectivity index (χ1) is 14.0. The van der Waals surface area contributed by atoms with Gasteiger partial charge in [-0.2, -0.15) is 0 Å². The van der Waals surface area contributed by atoms with Crippen molar-refractivity contribution in [2.45, 2.75) is 38.5 Å². The Balaban J connectivity index is 1.44. The van der Waals surface area contributed by atoms with E-state index in [1.54, 1.807) is 6.07 Å². The molecule has 0 aliphatic heterocycles. The van der Waals surface area contributed by atoms with Gasteiger partial charge in [-0.1, -0.05) is 55.3 Å². The van der Waals surface area contributed by atoms with Crippen LogP contribution in [-0.2, 0) is 0 Å². The molecule has 2 aromatic carbocycles. The monoisotopic (exact) mass is 450 g/mol. The number of benzene rings is 2. The Morgan fingerprint density at radius 2 is 1.69 bits per heavy atom. The Morgan fingerprint density at radius 1 is 1.03 bits per heavy atom. The van der Waals surface area contributed by atoms with Gasteiger partial charge in [0.1, 0.15) is 5.75 Å². The molecule has 2 N–H and O–H groups in total. The summed E-state index contributed by atoms with van der Waals surface area (Å²) in [7, 11) is 0. The van der Waals surface area contributed by atoms with Crippen molar-refractivity contribution in [3.63, 3.8) is 0 Å². The van der Waals surface area contributed by atoms with Crippen molar-refractivity contribution in [1.82, 2.24) is 5.32 Å². The minimum atomic E-state index is -0.380. The molecular formula is C22H24Cl2N2O2S. The highest BCUT2D eigenvalue weighted by Gasteiger charge is 2.13. The van der Waals surface area contributed by atoms with Crippen LogP contribution in [0.25, 0.3) is 0 Å². The van der Waals surface area contributed by atoms with Crippen molar-refractivity contribution >= 4 is 52.1 Å². The lowest BCUT2D eigenvalue weighted by Gasteiger charge is -2.21. The van der Waals surface area contributed by atoms with Crippen LogP contribution in [0.4, 0.5) is 5.69 Å². The summed E-state index contributed by atoms with van der Waals surface area (Å²) in [5.41, 5.74) is 1.10. The first-order valence-corrected chi connectivity index (χ1v) is 11.0. The SMILES string of the molecule is O=C(NC(=S)Nc1ccc(OCCC2CCCCC2)cc1)c1cc(Cl)cc(Cl)c1. The molecule has 2 aromatic rings. The molecule has 4 nitrogen and oxygen atoms in total. The van der Waals surface area contributed by atoms with E-state index in [0.717, 1.165) is 30.4 Å². The largest absolute Gasteiger partial charge is 0.494 e. The fourth-order valence-electron chi connectivity index (χ4n) is 3.48. The zero-order valence-corrected chi connectivity index (χ0v) is 18.4. The number of anilines is 1. The van der Waals surface area contributed by atoms with Gasteiger partial charge in [-0.05, 0) is 67.0 Å². The minimum absolute atomic E-state index is 0.192. The lowest BCUT2D eigenvalue weighted by molar-refractivity contribution is 0.0977. The summed E-state index contributed by atoms with van der Waals surface area (Å²) >= 11 is 17.1. The average molecular weight is 451 g/mol. The standard InChI is InChI=1S/C22H24Cl2N2O2S/c23-17-12-16(13-18(24)14-17)21(27)26-22(29)25-19-6-8-20(9-7-19)28-11-10-15-4-2-1-3-5-15/h6-9,12-15H,1-5,10-11H2,(H2,25,26,27,29). The molecule has 0 bridgehead atoms. The van der Waals surface area contributed by atoms with Crippen LogP contribution >= 0.6 is 35.4 Å². The molecule has 1 aliphatic rings. The van der Waals surface area contributed by atoms with Crippen LogP contribution in [0.3, 0.4) is 0 Å². The molecule has 0 aromatic heterocycles. The Morgan fingerprint density at radius 3 is 2.34 bits per heavy atom. The van der Waals surface area contributed by atoms with Gasteiger partial charge in [-0.25, -0.2) is 0 Å². The van der Waals surface area contributed by atoms with Gasteiger partial charge in [0.2, 0.25) is 0 Å². The average Bonchev–Trinajstić information content (AvgIpc) is 2.69. The number of halogens is 2. The molecule has 7 heteroatoms. The highest BCUT2D eigenvalue weighted by atomic mass is 35.5. The second kappa shape index (κ2) is 10.8. The van der Waals surface area contributed by atoms with E-state index in [1.165, 1.54) is 44.2 Å². The number of carbonyl (C=O) groups is 1. The Hall–Kier alpha value is -1.82. The molecule has 1 fully saturated rings. The summed E-state index contributed by atoms with van der Waals surface area (Å²) in [6.07, 6.45) is 7.86. The highest BCUT2D eigenvalue weighted by molar-refractivity contribution is 7.80. The number of carbonyl (C=O) groups excluding carboxylic acids is 1. The third kappa shape index (κ3) is 7.18. The van der Waals surface area contributed by atoms with Crippen LogP contribution in [0.15, 0.2) is 42.5 Å². The van der Waals surface area contributed by atoms with Crippen molar-refractivity contribution in [1.29, 1.82) is 0 Å². The van der Waals surface area contributed by atoms with Gasteiger partial charge in [0, 0.05) is 21.3 Å². The molecule has 0 saturated heterocycles. The summed E-state index contributed by atoms with van der Waals surface area (Å²) in [6.45, 7) is 0.744. The number of rotatable bonds is 6. The first-order valence-electron chi connectivity index (χ1n) is 9.81. The summed E-state index contributed by atoms with van der Waals surface area (Å²) < 4.78 is 5.86. The van der Waals surface area contributed by atoms with Gasteiger partial charge < -0.3 is 10.1 Å². The normalized spacial score (nSPS) is 14.3. The molecule has 0 atom stereocenters. The van der Waals surface area contributed by atoms with Crippen molar-refractivity contribution in [2.24, 2.45) is 5.92 Å². The third-order valence-electron chi connectivity index (χ3n) is 4.98. The zero-order valence-electron chi connectivity index (χ0n) is 16.0. The van der Waals surface area contributed by atoms with Gasteiger partial charge in [-0.15, -0.1) is 0 Å². The van der Waals surface area contributed by atoms with E-state index in [1.807, 2.05) is 24.3 Å². The summed E-state index contributed by atoms with van der Waals surface area (Å²) in [6, 6.07) is 12.1. The Kier molecular flexibility index (Phi) is 8.16. The second-order valence-corrected chi connectivity index (χ2v) is 8.51. The van der Waals surface area contributed by atoms with Crippen LogP contribution in [0, 0.1) is 5.92 Å². The molecule has 0 spiro atoms. The molecule has 1 amide bonds. The van der Waals surface area contributed by atoms with Crippen LogP contribution in [0.2, 0.25) is 10.0 Å². The Bertz CT molecular complexity index is 832. The fourth-order valence-corrected chi connectivity index (χ4v) is 4.21. The number of amides is 1. The third-order valence-corrected chi connectivity index (χ3v) is 5.62. The molecule has 29 heavy (non-hydrogen) atoms. The number of thiocarbonyl (C=S) groups is 1. The molecular weight excluding hydrogens is 427 g/mol. The molecule has 1 aliphatic carbocycles. The number of hydrogen-bond acceptors (Lipinski definition) is 3. The van der Waals surface area contributed by atoms with Crippen molar-refractivity contribution in [3.05, 3.63) is 58.1 Å². The van der Waals surface area contributed by atoms with E-state index >= 15 is 0 Å². The molecule has 1 saturated carbocycles. The van der Waals surface area contributed by atoms with E-state index in [-0.39, 0.29) is 11.0 Å². The maximum atomic E-state index is 12.3. The molecule has 0 unspecified atom stereocenters. The lowest BCUT2D eigenvalue weighted by Crippen LogP contribution is -2.34. The Labute approximate surface area is 186 Å². The maximum absolute atomic E-state index is 12.3. The number of nitrogens with one attached hydrogen (secondary N) is 2. The van der Waals surface area contributed by atoms with Gasteiger partial charge in [0.15, 0.2) is 5.11 Å². The van der Waals surface area contributed by atoms with Gasteiger partial charge in [0.05, 0.1) is 6.61 Å². The summed E-state index contributed by atoms with van der Waals surface area (Å²) in [5.74, 6) is 1.25. The van der Waals surface area contributed by atoms with Crippen LogP contribution < -0.4 is 15.4 Å². The van der Waals surface area contributed by atoms with Crippen LogP contribution in [0.5, 0.6) is 5.75 Å². The van der Waals surface area contributed by atoms with Gasteiger partial charge >= 0.3 is 0 Å². The lowest BCUT2D eigenvalue weighted by atomic mass is 9.87. The van der Waals surface area contributed by atoms with Crippen LogP contribution in [-0.4, -0.2) is 17.6 Å². The predicted molar refractivity (Wildman–Crippen MR) is 123 cm³/mol. The van der Waals surface area contributed by atoms with Gasteiger partial charge in [-0.3, -0.25) is 10.1 Å². The van der Waals surface area contributed by atoms with E-state index in [2.05, 4.69) is 10.6 Å². The topological polar surface area (TPSA) is 50.4 Å². The summed E-state index contributed by atoms with van der Waals surface area (Å²) in [5, 5.41) is 6.57. The second-order valence-electron chi connectivity index (χ2n) is 7.23. The van der Waals surface area contributed by atoms with E-state index in [9.17, 15) is 4.79 Å². The van der Waals surface area contributed by atoms with E-state index in [4.69, 9.17) is 40.2 Å². The van der Waals surface area contributed by atoms with Crippen molar-refractivity contribution < 1.29 is 9.53 Å². The highest BCUT2D eigenvalue weighted by Crippen LogP contribution is 2.26. The molecule has 154 valence electrons. The van der Waals surface area contributed by atoms with Gasteiger partial charge in [0.25, 0.3) is 5.91 Å². The predicted octanol–water partition coefficient (Wildman–Crippen LogP) is 6.47. The maximum Gasteiger partial charge on any atom is 0.257 e. The summed E-state index contributed by atoms with van der Waals surface area (Å²) in [4.78, 5) is 12.3. The smallest absolute Gasteiger partial charge is 0.257 e. The number of hydrogen-bond donors (Lipinski definition) is 2. The minimum Gasteiger partial charge on any atom is -0.494 e. The quantitative estimate of drug-likeness (QED) is 0.495.